The second-order valence-corrected chi connectivity index (χ2v) is 8.84. The molecule has 1 spiro atoms. The third-order valence-electron chi connectivity index (χ3n) is 6.54. The molecular formula is C24H25F2N3O4. The van der Waals surface area contributed by atoms with Crippen LogP contribution < -0.4 is 15.1 Å². The Morgan fingerprint density at radius 1 is 1.15 bits per heavy atom. The molecule has 3 fully saturated rings. The van der Waals surface area contributed by atoms with Gasteiger partial charge in [0.15, 0.2) is 0 Å². The molecule has 3 aliphatic heterocycles. The summed E-state index contributed by atoms with van der Waals surface area (Å²) in [6.45, 7) is 4.02. The number of epoxide rings is 1. The van der Waals surface area contributed by atoms with Crippen molar-refractivity contribution in [1.29, 1.82) is 0 Å². The highest BCUT2D eigenvalue weighted by Crippen LogP contribution is 2.40. The van der Waals surface area contributed by atoms with Gasteiger partial charge in [-0.2, -0.15) is 0 Å². The first-order valence-electron chi connectivity index (χ1n) is 11.0. The number of anilines is 2. The first-order chi connectivity index (χ1) is 15.8. The van der Waals surface area contributed by atoms with E-state index in [0.717, 1.165) is 32.5 Å². The van der Waals surface area contributed by atoms with Crippen LogP contribution in [0.3, 0.4) is 0 Å². The Morgan fingerprint density at radius 2 is 1.91 bits per heavy atom. The SMILES string of the molecule is CC(=O)NCC1CN(c2ccc(-c3ccc(N4CCC5(CC4)CO5)c(F)c3)c(F)c2)C(=O)O1. The van der Waals surface area contributed by atoms with E-state index in [0.29, 0.717) is 16.9 Å². The lowest BCUT2D eigenvalue weighted by Gasteiger charge is -2.32. The topological polar surface area (TPSA) is 74.4 Å². The second-order valence-electron chi connectivity index (χ2n) is 8.84. The summed E-state index contributed by atoms with van der Waals surface area (Å²) in [7, 11) is 0. The predicted molar refractivity (Wildman–Crippen MR) is 118 cm³/mol. The van der Waals surface area contributed by atoms with Gasteiger partial charge in [-0.25, -0.2) is 13.6 Å². The van der Waals surface area contributed by atoms with Gasteiger partial charge >= 0.3 is 6.09 Å². The predicted octanol–water partition coefficient (Wildman–Crippen LogP) is 3.46. The third kappa shape index (κ3) is 4.37. The molecule has 0 aromatic heterocycles. The number of rotatable bonds is 5. The molecule has 1 unspecified atom stereocenters. The number of carbonyl (C=O) groups is 2. The summed E-state index contributed by atoms with van der Waals surface area (Å²) in [5.74, 6) is -1.18. The first-order valence-corrected chi connectivity index (χ1v) is 11.0. The molecule has 9 heteroatoms. The van der Waals surface area contributed by atoms with Crippen LogP contribution in [-0.2, 0) is 14.3 Å². The molecule has 0 aliphatic carbocycles. The molecule has 2 aromatic rings. The Bertz CT molecular complexity index is 1100. The molecule has 3 aliphatic rings. The third-order valence-corrected chi connectivity index (χ3v) is 6.54. The summed E-state index contributed by atoms with van der Waals surface area (Å²) in [6, 6.07) is 9.12. The number of piperidine rings is 1. The fourth-order valence-electron chi connectivity index (χ4n) is 4.48. The average Bonchev–Trinajstić information content (AvgIpc) is 3.43. The van der Waals surface area contributed by atoms with E-state index < -0.39 is 23.8 Å². The molecule has 0 bridgehead atoms. The lowest BCUT2D eigenvalue weighted by atomic mass is 9.97. The number of cyclic esters (lactones) is 1. The maximum atomic E-state index is 15.0. The van der Waals surface area contributed by atoms with Gasteiger partial charge in [0.25, 0.3) is 0 Å². The van der Waals surface area contributed by atoms with E-state index in [2.05, 4.69) is 5.32 Å². The molecule has 2 amide bonds. The van der Waals surface area contributed by atoms with Gasteiger partial charge in [0, 0.05) is 25.6 Å². The number of hydrogen-bond acceptors (Lipinski definition) is 5. The Balaban J connectivity index is 1.30. The summed E-state index contributed by atoms with van der Waals surface area (Å²) in [4.78, 5) is 26.6. The van der Waals surface area contributed by atoms with Crippen molar-refractivity contribution in [2.75, 3.05) is 42.6 Å². The van der Waals surface area contributed by atoms with Gasteiger partial charge in [0.05, 0.1) is 36.7 Å². The van der Waals surface area contributed by atoms with E-state index in [4.69, 9.17) is 9.47 Å². The second kappa shape index (κ2) is 8.30. The van der Waals surface area contributed by atoms with Crippen LogP contribution in [0.25, 0.3) is 11.1 Å². The lowest BCUT2D eigenvalue weighted by molar-refractivity contribution is -0.119. The number of amides is 2. The highest BCUT2D eigenvalue weighted by atomic mass is 19.1. The number of ether oxygens (including phenoxy) is 2. The van der Waals surface area contributed by atoms with E-state index in [-0.39, 0.29) is 30.2 Å². The van der Waals surface area contributed by atoms with Crippen molar-refractivity contribution in [3.8, 4) is 11.1 Å². The van der Waals surface area contributed by atoms with E-state index >= 15 is 0 Å². The summed E-state index contributed by atoms with van der Waals surface area (Å²) in [5.41, 5.74) is 1.54. The molecule has 3 saturated heterocycles. The van der Waals surface area contributed by atoms with Crippen molar-refractivity contribution in [3.05, 3.63) is 48.0 Å². The number of nitrogens with one attached hydrogen (secondary N) is 1. The zero-order chi connectivity index (χ0) is 23.2. The Kier molecular flexibility index (Phi) is 5.44. The molecule has 1 N–H and O–H groups in total. The monoisotopic (exact) mass is 457 g/mol. The van der Waals surface area contributed by atoms with Crippen molar-refractivity contribution < 1.29 is 27.8 Å². The average molecular weight is 457 g/mol. The summed E-state index contributed by atoms with van der Waals surface area (Å²) in [6.07, 6.45) is 0.652. The molecule has 2 aromatic carbocycles. The van der Waals surface area contributed by atoms with Gasteiger partial charge in [-0.05, 0) is 48.7 Å². The fraction of sp³-hybridized carbons (Fsp3) is 0.417. The van der Waals surface area contributed by atoms with Crippen molar-refractivity contribution in [1.82, 2.24) is 5.32 Å². The smallest absolute Gasteiger partial charge is 0.414 e. The van der Waals surface area contributed by atoms with Gasteiger partial charge in [0.2, 0.25) is 5.91 Å². The van der Waals surface area contributed by atoms with Crippen LogP contribution in [0.5, 0.6) is 0 Å². The number of halogens is 2. The van der Waals surface area contributed by atoms with E-state index in [1.807, 2.05) is 4.90 Å². The van der Waals surface area contributed by atoms with Crippen LogP contribution >= 0.6 is 0 Å². The van der Waals surface area contributed by atoms with E-state index in [1.54, 1.807) is 18.2 Å². The molecule has 174 valence electrons. The van der Waals surface area contributed by atoms with Gasteiger partial charge < -0.3 is 19.7 Å². The minimum atomic E-state index is -0.604. The van der Waals surface area contributed by atoms with Crippen molar-refractivity contribution in [2.24, 2.45) is 0 Å². The molecule has 1 atom stereocenters. The van der Waals surface area contributed by atoms with Crippen LogP contribution in [0, 0.1) is 11.6 Å². The van der Waals surface area contributed by atoms with Crippen molar-refractivity contribution in [2.45, 2.75) is 31.5 Å². The fourth-order valence-corrected chi connectivity index (χ4v) is 4.48. The quantitative estimate of drug-likeness (QED) is 0.696. The Hall–Kier alpha value is -3.20. The normalized spacial score (nSPS) is 21.3. The Morgan fingerprint density at radius 3 is 2.55 bits per heavy atom. The number of nitrogens with zero attached hydrogens (tertiary/aromatic N) is 2. The summed E-state index contributed by atoms with van der Waals surface area (Å²) < 4.78 is 40.6. The standard InChI is InChI=1S/C24H25F2N3O4/c1-15(30)27-12-18-13-29(23(31)33-18)17-3-4-19(20(25)11-17)16-2-5-22(21(26)10-16)28-8-6-24(7-9-28)14-32-24/h2-5,10-11,18H,6-9,12-14H2,1H3,(H,27,30). The summed E-state index contributed by atoms with van der Waals surface area (Å²) >= 11 is 0. The number of benzene rings is 2. The van der Waals surface area contributed by atoms with E-state index in [9.17, 15) is 18.4 Å². The maximum Gasteiger partial charge on any atom is 0.414 e. The maximum absolute atomic E-state index is 15.0. The van der Waals surface area contributed by atoms with Crippen molar-refractivity contribution in [3.63, 3.8) is 0 Å². The largest absolute Gasteiger partial charge is 0.442 e. The van der Waals surface area contributed by atoms with Crippen LogP contribution in [0.15, 0.2) is 36.4 Å². The molecular weight excluding hydrogens is 432 g/mol. The number of carbonyl (C=O) groups excluding carboxylic acids is 2. The molecule has 0 radical (unpaired) electrons. The molecule has 7 nitrogen and oxygen atoms in total. The van der Waals surface area contributed by atoms with Crippen molar-refractivity contribution >= 4 is 23.4 Å². The van der Waals surface area contributed by atoms with Crippen LogP contribution in [0.2, 0.25) is 0 Å². The molecule has 3 heterocycles. The zero-order valence-electron chi connectivity index (χ0n) is 18.3. The zero-order valence-corrected chi connectivity index (χ0v) is 18.3. The molecule has 5 rings (SSSR count). The van der Waals surface area contributed by atoms with Crippen LogP contribution in [0.4, 0.5) is 25.0 Å². The lowest BCUT2D eigenvalue weighted by Crippen LogP contribution is -2.38. The minimum Gasteiger partial charge on any atom is -0.442 e. The highest BCUT2D eigenvalue weighted by Gasteiger charge is 2.46. The molecule has 0 saturated carbocycles. The van der Waals surface area contributed by atoms with E-state index in [1.165, 1.54) is 30.0 Å². The van der Waals surface area contributed by atoms with Crippen LogP contribution in [0.1, 0.15) is 19.8 Å². The molecule has 33 heavy (non-hydrogen) atoms. The van der Waals surface area contributed by atoms with Gasteiger partial charge in [-0.3, -0.25) is 9.69 Å². The minimum absolute atomic E-state index is 0.0174. The summed E-state index contributed by atoms with van der Waals surface area (Å²) in [5, 5.41) is 2.60. The first kappa shape index (κ1) is 21.6. The number of hydrogen-bond donors (Lipinski definition) is 1. The highest BCUT2D eigenvalue weighted by molar-refractivity contribution is 5.90. The van der Waals surface area contributed by atoms with Crippen LogP contribution in [-0.4, -0.2) is 56.5 Å². The Labute approximate surface area is 190 Å². The van der Waals surface area contributed by atoms with Gasteiger partial charge in [-0.1, -0.05) is 6.07 Å². The van der Waals surface area contributed by atoms with Gasteiger partial charge in [0.1, 0.15) is 17.7 Å². The van der Waals surface area contributed by atoms with Gasteiger partial charge in [-0.15, -0.1) is 0 Å².